The van der Waals surface area contributed by atoms with Gasteiger partial charge in [0, 0.05) is 22.4 Å². The molecule has 0 saturated carbocycles. The summed E-state index contributed by atoms with van der Waals surface area (Å²) in [6.45, 7) is 4.76. The Hall–Kier alpha value is -4.62. The summed E-state index contributed by atoms with van der Waals surface area (Å²) < 4.78 is 0. The third-order valence-electron chi connectivity index (χ3n) is 8.01. The van der Waals surface area contributed by atoms with Crippen LogP contribution in [0.2, 0.25) is 0 Å². The third-order valence-corrected chi connectivity index (χ3v) is 8.01. The molecule has 0 bridgehead atoms. The molecule has 0 unspecified atom stereocenters. The summed E-state index contributed by atoms with van der Waals surface area (Å²) in [7, 11) is 0. The molecule has 0 aliphatic heterocycles. The quantitative estimate of drug-likeness (QED) is 0.239. The molecule has 0 N–H and O–H groups in total. The number of anilines is 3. The molecule has 6 aromatic carbocycles. The molecule has 0 radical (unpaired) electrons. The highest BCUT2D eigenvalue weighted by Gasteiger charge is 2.39. The molecule has 1 heteroatoms. The molecule has 1 aliphatic rings. The Morgan fingerprint density at radius 2 is 1.05 bits per heavy atom. The van der Waals surface area contributed by atoms with E-state index in [9.17, 15) is 0 Å². The molecule has 1 aliphatic carbocycles. The molecule has 0 saturated heterocycles. The smallest absolute Gasteiger partial charge is 0.0543 e. The van der Waals surface area contributed by atoms with Gasteiger partial charge in [-0.3, -0.25) is 0 Å². The Bertz CT molecular complexity index is 1730. The molecular formula is C37H29N. The molecular weight excluding hydrogens is 458 g/mol. The van der Waals surface area contributed by atoms with Gasteiger partial charge in [0.15, 0.2) is 0 Å². The van der Waals surface area contributed by atoms with Crippen molar-refractivity contribution in [3.8, 4) is 22.3 Å². The zero-order valence-corrected chi connectivity index (χ0v) is 21.7. The molecule has 0 heterocycles. The van der Waals surface area contributed by atoms with Crippen LogP contribution in [0.5, 0.6) is 0 Å². The normalized spacial score (nSPS) is 13.2. The van der Waals surface area contributed by atoms with E-state index in [2.05, 4.69) is 158 Å². The lowest BCUT2D eigenvalue weighted by atomic mass is 9.79. The van der Waals surface area contributed by atoms with E-state index in [0.29, 0.717) is 0 Å². The zero-order valence-electron chi connectivity index (χ0n) is 21.7. The van der Waals surface area contributed by atoms with E-state index in [-0.39, 0.29) is 5.41 Å². The van der Waals surface area contributed by atoms with Crippen molar-refractivity contribution in [1.29, 1.82) is 0 Å². The van der Waals surface area contributed by atoms with Crippen molar-refractivity contribution in [2.24, 2.45) is 0 Å². The maximum atomic E-state index is 2.44. The largest absolute Gasteiger partial charge is 0.310 e. The lowest BCUT2D eigenvalue weighted by molar-refractivity contribution is 0.666. The van der Waals surface area contributed by atoms with E-state index in [0.717, 1.165) is 11.4 Å². The SMILES string of the molecule is CC1(C)c2cccc(N(c3ccccc3)c3ccccc3)c2-c2cc(-c3ccccc3)c3ccccc3c21. The molecule has 7 rings (SSSR count). The molecule has 6 aromatic rings. The minimum atomic E-state index is -0.130. The second kappa shape index (κ2) is 8.75. The van der Waals surface area contributed by atoms with Gasteiger partial charge in [0.1, 0.15) is 0 Å². The van der Waals surface area contributed by atoms with Crippen LogP contribution >= 0.6 is 0 Å². The summed E-state index contributed by atoms with van der Waals surface area (Å²) in [4.78, 5) is 2.40. The lowest BCUT2D eigenvalue weighted by Gasteiger charge is -2.28. The van der Waals surface area contributed by atoms with Gasteiger partial charge in [-0.2, -0.15) is 0 Å². The lowest BCUT2D eigenvalue weighted by Crippen LogP contribution is -2.16. The maximum absolute atomic E-state index is 2.44. The molecule has 38 heavy (non-hydrogen) atoms. The van der Waals surface area contributed by atoms with Crippen LogP contribution in [-0.4, -0.2) is 0 Å². The fraction of sp³-hybridized carbons (Fsp3) is 0.0811. The summed E-state index contributed by atoms with van der Waals surface area (Å²) in [5, 5.41) is 2.64. The number of hydrogen-bond donors (Lipinski definition) is 0. The Kier molecular flexibility index (Phi) is 5.19. The van der Waals surface area contributed by atoms with Gasteiger partial charge in [-0.05, 0) is 75.0 Å². The Labute approximate surface area is 224 Å². The molecule has 1 nitrogen and oxygen atoms in total. The van der Waals surface area contributed by atoms with Gasteiger partial charge in [0.05, 0.1) is 5.69 Å². The van der Waals surface area contributed by atoms with Crippen molar-refractivity contribution in [3.05, 3.63) is 151 Å². The van der Waals surface area contributed by atoms with Gasteiger partial charge in [-0.1, -0.05) is 117 Å². The second-order valence-corrected chi connectivity index (χ2v) is 10.6. The van der Waals surface area contributed by atoms with E-state index in [1.54, 1.807) is 0 Å². The van der Waals surface area contributed by atoms with Crippen LogP contribution in [-0.2, 0) is 5.41 Å². The Morgan fingerprint density at radius 3 is 1.68 bits per heavy atom. The fourth-order valence-corrected chi connectivity index (χ4v) is 6.35. The Morgan fingerprint density at radius 1 is 0.500 bits per heavy atom. The van der Waals surface area contributed by atoms with Gasteiger partial charge in [-0.25, -0.2) is 0 Å². The topological polar surface area (TPSA) is 3.24 Å². The first-order valence-electron chi connectivity index (χ1n) is 13.3. The standard InChI is InChI=1S/C37H29N/c1-37(2)33-23-14-24-34(38(27-17-8-4-9-18-27)28-19-10-5-11-20-28)35(33)32-25-31(26-15-6-3-7-16-26)29-21-12-13-22-30(29)36(32)37/h3-25H,1-2H3. The molecule has 0 aromatic heterocycles. The number of benzene rings is 6. The van der Waals surface area contributed by atoms with Gasteiger partial charge in [-0.15, -0.1) is 0 Å². The third kappa shape index (κ3) is 3.39. The predicted molar refractivity (Wildman–Crippen MR) is 162 cm³/mol. The van der Waals surface area contributed by atoms with Crippen molar-refractivity contribution in [2.75, 3.05) is 4.90 Å². The van der Waals surface area contributed by atoms with E-state index in [1.807, 2.05) is 0 Å². The summed E-state index contributed by atoms with van der Waals surface area (Å²) in [6, 6.07) is 50.4. The van der Waals surface area contributed by atoms with Crippen molar-refractivity contribution < 1.29 is 0 Å². The van der Waals surface area contributed by atoms with Crippen LogP contribution in [0, 0.1) is 0 Å². The van der Waals surface area contributed by atoms with E-state index >= 15 is 0 Å². The first-order chi connectivity index (χ1) is 18.6. The number of rotatable bonds is 4. The van der Waals surface area contributed by atoms with Crippen molar-refractivity contribution in [3.63, 3.8) is 0 Å². The second-order valence-electron chi connectivity index (χ2n) is 10.6. The molecule has 0 fully saturated rings. The van der Waals surface area contributed by atoms with Gasteiger partial charge >= 0.3 is 0 Å². The molecule has 0 spiro atoms. The van der Waals surface area contributed by atoms with Crippen LogP contribution < -0.4 is 4.90 Å². The zero-order chi connectivity index (χ0) is 25.7. The van der Waals surface area contributed by atoms with Crippen LogP contribution in [0.15, 0.2) is 140 Å². The minimum Gasteiger partial charge on any atom is -0.310 e. The Balaban J connectivity index is 1.58. The summed E-state index contributed by atoms with van der Waals surface area (Å²) in [5.74, 6) is 0. The first kappa shape index (κ1) is 22.6. The average molecular weight is 488 g/mol. The number of hydrogen-bond acceptors (Lipinski definition) is 1. The minimum absolute atomic E-state index is 0.130. The number of nitrogens with zero attached hydrogens (tertiary/aromatic N) is 1. The monoisotopic (exact) mass is 487 g/mol. The van der Waals surface area contributed by atoms with Crippen LogP contribution in [0.1, 0.15) is 25.0 Å². The van der Waals surface area contributed by atoms with Crippen LogP contribution in [0.3, 0.4) is 0 Å². The van der Waals surface area contributed by atoms with Crippen LogP contribution in [0.4, 0.5) is 17.1 Å². The van der Waals surface area contributed by atoms with Crippen LogP contribution in [0.25, 0.3) is 33.0 Å². The highest BCUT2D eigenvalue weighted by atomic mass is 15.1. The van der Waals surface area contributed by atoms with Gasteiger partial charge in [0.25, 0.3) is 0 Å². The number of para-hydroxylation sites is 2. The van der Waals surface area contributed by atoms with E-state index in [1.165, 1.54) is 49.8 Å². The fourth-order valence-electron chi connectivity index (χ4n) is 6.35. The van der Waals surface area contributed by atoms with E-state index in [4.69, 9.17) is 0 Å². The van der Waals surface area contributed by atoms with Crippen molar-refractivity contribution >= 4 is 27.8 Å². The molecule has 182 valence electrons. The highest BCUT2D eigenvalue weighted by molar-refractivity contribution is 6.08. The van der Waals surface area contributed by atoms with Gasteiger partial charge in [0.2, 0.25) is 0 Å². The predicted octanol–water partition coefficient (Wildman–Crippen LogP) is 10.3. The van der Waals surface area contributed by atoms with Gasteiger partial charge < -0.3 is 4.90 Å². The molecule has 0 amide bonds. The first-order valence-corrected chi connectivity index (χ1v) is 13.3. The average Bonchev–Trinajstić information content (AvgIpc) is 3.21. The van der Waals surface area contributed by atoms with E-state index < -0.39 is 0 Å². The van der Waals surface area contributed by atoms with Crippen molar-refractivity contribution in [1.82, 2.24) is 0 Å². The summed E-state index contributed by atoms with van der Waals surface area (Å²) >= 11 is 0. The van der Waals surface area contributed by atoms with Crippen molar-refractivity contribution in [2.45, 2.75) is 19.3 Å². The highest BCUT2D eigenvalue weighted by Crippen LogP contribution is 2.57. The maximum Gasteiger partial charge on any atom is 0.0543 e. The molecule has 0 atom stereocenters. The summed E-state index contributed by atoms with van der Waals surface area (Å²) in [5.41, 5.74) is 11.4. The summed E-state index contributed by atoms with van der Waals surface area (Å²) in [6.07, 6.45) is 0. The number of fused-ring (bicyclic) bond motifs is 5.